The molecule has 8 heteroatoms. The number of hydrogen-bond donors (Lipinski definition) is 1. The van der Waals surface area contributed by atoms with Crippen LogP contribution < -0.4 is 56.7 Å². The van der Waals surface area contributed by atoms with E-state index in [-0.39, 0.29) is 63.8 Å². The second-order valence-electron chi connectivity index (χ2n) is 2.86. The first kappa shape index (κ1) is 17.3. The maximum Gasteiger partial charge on any atom is 1.00 e. The summed E-state index contributed by atoms with van der Waals surface area (Å²) in [6.45, 7) is -2.91. The first-order valence-corrected chi connectivity index (χ1v) is 4.01. The molecule has 0 aromatic rings. The Bertz CT molecular complexity index is 179. The quantitative estimate of drug-likeness (QED) is 0.533. The van der Waals surface area contributed by atoms with Crippen LogP contribution in [0.1, 0.15) is 6.92 Å². The zero-order valence-corrected chi connectivity index (χ0v) is 11.8. The SMILES string of the molecule is CCNC(=O)CN(C)C[B-](F)(F)F.[K+]. The fourth-order valence-corrected chi connectivity index (χ4v) is 0.916. The van der Waals surface area contributed by atoms with Gasteiger partial charge in [0.15, 0.2) is 0 Å². The Morgan fingerprint density at radius 1 is 1.43 bits per heavy atom. The average Bonchev–Trinajstić information content (AvgIpc) is 1.81. The maximum atomic E-state index is 11.8. The molecule has 0 fully saturated rings. The van der Waals surface area contributed by atoms with Gasteiger partial charge in [-0.15, -0.1) is 0 Å². The summed E-state index contributed by atoms with van der Waals surface area (Å²) >= 11 is 0. The standard InChI is InChI=1S/C6H13BF3N2O.K/c1-3-11-6(13)4-12(2)5-7(8,9)10;/h3-5H2,1-2H3,(H,11,13);/q-1;+1. The molecular formula is C6H13BF3KN2O. The van der Waals surface area contributed by atoms with Crippen LogP contribution in [0.4, 0.5) is 12.9 Å². The van der Waals surface area contributed by atoms with Gasteiger partial charge in [-0.3, -0.25) is 4.79 Å². The summed E-state index contributed by atoms with van der Waals surface area (Å²) in [6, 6.07) is 0. The third kappa shape index (κ3) is 11.0. The van der Waals surface area contributed by atoms with Gasteiger partial charge in [-0.1, -0.05) is 0 Å². The van der Waals surface area contributed by atoms with Gasteiger partial charge in [0.1, 0.15) is 0 Å². The Morgan fingerprint density at radius 2 is 1.93 bits per heavy atom. The van der Waals surface area contributed by atoms with Crippen molar-refractivity contribution >= 4 is 12.9 Å². The number of amides is 1. The number of nitrogens with one attached hydrogen (secondary N) is 1. The van der Waals surface area contributed by atoms with Gasteiger partial charge in [-0.2, -0.15) is 0 Å². The van der Waals surface area contributed by atoms with E-state index in [1.54, 1.807) is 6.92 Å². The predicted molar refractivity (Wildman–Crippen MR) is 45.3 cm³/mol. The van der Waals surface area contributed by atoms with Crippen molar-refractivity contribution in [2.24, 2.45) is 0 Å². The van der Waals surface area contributed by atoms with Crippen LogP contribution in [0, 0.1) is 0 Å². The third-order valence-corrected chi connectivity index (χ3v) is 1.31. The van der Waals surface area contributed by atoms with Crippen LogP contribution in [0.3, 0.4) is 0 Å². The second-order valence-corrected chi connectivity index (χ2v) is 2.86. The molecule has 0 heterocycles. The average molecular weight is 236 g/mol. The van der Waals surface area contributed by atoms with E-state index in [9.17, 15) is 17.7 Å². The van der Waals surface area contributed by atoms with Crippen LogP contribution in [0.2, 0.25) is 0 Å². The summed E-state index contributed by atoms with van der Waals surface area (Å²) in [5.74, 6) is -0.384. The molecule has 0 saturated heterocycles. The first-order chi connectivity index (χ1) is 5.85. The van der Waals surface area contributed by atoms with E-state index < -0.39 is 13.4 Å². The van der Waals surface area contributed by atoms with Gasteiger partial charge in [0.25, 0.3) is 0 Å². The largest absolute Gasteiger partial charge is 1.00 e. The summed E-state index contributed by atoms with van der Waals surface area (Å²) in [4.78, 5) is 11.8. The van der Waals surface area contributed by atoms with Crippen molar-refractivity contribution in [3.63, 3.8) is 0 Å². The summed E-state index contributed by atoms with van der Waals surface area (Å²) in [5, 5.41) is 2.42. The molecule has 0 radical (unpaired) electrons. The van der Waals surface area contributed by atoms with E-state index in [0.29, 0.717) is 6.54 Å². The molecule has 1 amide bonds. The van der Waals surface area contributed by atoms with E-state index in [1.807, 2.05) is 0 Å². The normalized spacial score (nSPS) is 11.0. The molecule has 78 valence electrons. The molecule has 0 aliphatic rings. The molecule has 14 heavy (non-hydrogen) atoms. The Balaban J connectivity index is 0. The van der Waals surface area contributed by atoms with E-state index >= 15 is 0 Å². The molecule has 0 aromatic heterocycles. The van der Waals surface area contributed by atoms with Gasteiger partial charge in [0, 0.05) is 6.54 Å². The maximum absolute atomic E-state index is 11.8. The fourth-order valence-electron chi connectivity index (χ4n) is 0.916. The number of likely N-dealkylation sites (N-methyl/N-ethyl adjacent to an activating group) is 2. The third-order valence-electron chi connectivity index (χ3n) is 1.31. The molecule has 0 aromatic carbocycles. The van der Waals surface area contributed by atoms with Crippen molar-refractivity contribution in [2.45, 2.75) is 6.92 Å². The molecule has 0 bridgehead atoms. The summed E-state index contributed by atoms with van der Waals surface area (Å²) < 4.78 is 35.5. The molecule has 0 spiro atoms. The van der Waals surface area contributed by atoms with Gasteiger partial charge in [0.2, 0.25) is 5.91 Å². The van der Waals surface area contributed by atoms with E-state index in [4.69, 9.17) is 0 Å². The molecule has 0 saturated carbocycles. The molecule has 0 rings (SSSR count). The molecule has 0 unspecified atom stereocenters. The van der Waals surface area contributed by atoms with Crippen molar-refractivity contribution < 1.29 is 69.1 Å². The Morgan fingerprint density at radius 3 is 2.29 bits per heavy atom. The fraction of sp³-hybridized carbons (Fsp3) is 0.833. The number of halogens is 3. The smallest absolute Gasteiger partial charge is 0.448 e. The molecular weight excluding hydrogens is 223 g/mol. The number of carbonyl (C=O) groups is 1. The summed E-state index contributed by atoms with van der Waals surface area (Å²) in [6.07, 6.45) is -1.00. The monoisotopic (exact) mass is 236 g/mol. The van der Waals surface area contributed by atoms with Gasteiger partial charge in [-0.05, 0) is 20.4 Å². The predicted octanol–water partition coefficient (Wildman–Crippen LogP) is -2.56. The number of hydrogen-bond acceptors (Lipinski definition) is 2. The van der Waals surface area contributed by atoms with Crippen LogP contribution in [-0.2, 0) is 4.79 Å². The van der Waals surface area contributed by atoms with Crippen LogP contribution in [0.15, 0.2) is 0 Å². The van der Waals surface area contributed by atoms with Crippen molar-refractivity contribution in [3.05, 3.63) is 0 Å². The second kappa shape index (κ2) is 8.12. The van der Waals surface area contributed by atoms with E-state index in [2.05, 4.69) is 5.32 Å². The van der Waals surface area contributed by atoms with Gasteiger partial charge < -0.3 is 23.2 Å². The van der Waals surface area contributed by atoms with Crippen LogP contribution in [0.5, 0.6) is 0 Å². The Kier molecular flexibility index (Phi) is 10.0. The minimum absolute atomic E-state index is 0. The van der Waals surface area contributed by atoms with E-state index in [0.717, 1.165) is 4.90 Å². The summed E-state index contributed by atoms with van der Waals surface area (Å²) in [7, 11) is 1.27. The Hall–Kier alpha value is 0.921. The molecule has 0 aliphatic carbocycles. The molecule has 0 atom stereocenters. The van der Waals surface area contributed by atoms with Gasteiger partial charge in [-0.25, -0.2) is 0 Å². The molecule has 1 N–H and O–H groups in total. The summed E-state index contributed by atoms with van der Waals surface area (Å²) in [5.41, 5.74) is 0. The molecule has 3 nitrogen and oxygen atoms in total. The van der Waals surface area contributed by atoms with Crippen LogP contribution in [-0.4, -0.2) is 44.4 Å². The minimum atomic E-state index is -4.84. The van der Waals surface area contributed by atoms with Gasteiger partial charge in [0.05, 0.1) is 6.54 Å². The zero-order chi connectivity index (χ0) is 10.5. The zero-order valence-electron chi connectivity index (χ0n) is 8.69. The number of rotatable bonds is 5. The van der Waals surface area contributed by atoms with Crippen molar-refractivity contribution in [1.29, 1.82) is 0 Å². The van der Waals surface area contributed by atoms with Crippen LogP contribution in [0.25, 0.3) is 0 Å². The minimum Gasteiger partial charge on any atom is -0.448 e. The number of carbonyl (C=O) groups excluding carboxylic acids is 1. The Labute approximate surface area is 124 Å². The molecule has 0 aliphatic heterocycles. The van der Waals surface area contributed by atoms with E-state index in [1.165, 1.54) is 7.05 Å². The first-order valence-electron chi connectivity index (χ1n) is 4.01. The van der Waals surface area contributed by atoms with Crippen molar-refractivity contribution in [2.75, 3.05) is 26.6 Å². The number of nitrogens with zero attached hydrogens (tertiary/aromatic N) is 1. The topological polar surface area (TPSA) is 32.3 Å². The van der Waals surface area contributed by atoms with Crippen molar-refractivity contribution in [3.8, 4) is 0 Å². The van der Waals surface area contributed by atoms with Crippen LogP contribution >= 0.6 is 0 Å². The van der Waals surface area contributed by atoms with Crippen molar-refractivity contribution in [1.82, 2.24) is 10.2 Å². The van der Waals surface area contributed by atoms with Gasteiger partial charge >= 0.3 is 58.4 Å².